The average Bonchev–Trinajstić information content (AvgIpc) is 2.60. The Labute approximate surface area is 151 Å². The lowest BCUT2D eigenvalue weighted by molar-refractivity contribution is 0.187. The van der Waals surface area contributed by atoms with Gasteiger partial charge in [-0.2, -0.15) is 0 Å². The van der Waals surface area contributed by atoms with Gasteiger partial charge in [0.1, 0.15) is 12.4 Å². The monoisotopic (exact) mass is 391 g/mol. The van der Waals surface area contributed by atoms with E-state index in [4.69, 9.17) is 9.47 Å². The predicted molar refractivity (Wildman–Crippen MR) is 99.7 cm³/mol. The molecule has 0 aromatic heterocycles. The third-order valence-electron chi connectivity index (χ3n) is 3.85. The van der Waals surface area contributed by atoms with E-state index in [1.54, 1.807) is 0 Å². The van der Waals surface area contributed by atoms with Crippen molar-refractivity contribution < 1.29 is 14.3 Å². The molecule has 1 N–H and O–H groups in total. The molecule has 0 heterocycles. The van der Waals surface area contributed by atoms with Crippen molar-refractivity contribution in [3.05, 3.63) is 57.6 Å². The Morgan fingerprint density at radius 3 is 2.58 bits per heavy atom. The fourth-order valence-corrected chi connectivity index (χ4v) is 2.99. The number of hydrogen-bond donors (Lipinski definition) is 1. The zero-order valence-electron chi connectivity index (χ0n) is 14.2. The van der Waals surface area contributed by atoms with Crippen LogP contribution < -0.4 is 10.1 Å². The van der Waals surface area contributed by atoms with Crippen molar-refractivity contribution in [3.63, 3.8) is 0 Å². The first-order valence-electron chi connectivity index (χ1n) is 7.96. The van der Waals surface area contributed by atoms with Gasteiger partial charge in [-0.1, -0.05) is 32.0 Å². The highest BCUT2D eigenvalue weighted by atomic mass is 79.9. The summed E-state index contributed by atoms with van der Waals surface area (Å²) in [5.41, 5.74) is 4.04. The van der Waals surface area contributed by atoms with E-state index in [1.807, 2.05) is 24.3 Å². The highest BCUT2D eigenvalue weighted by molar-refractivity contribution is 9.10. The topological polar surface area (TPSA) is 47.6 Å². The lowest BCUT2D eigenvalue weighted by atomic mass is 10.0. The summed E-state index contributed by atoms with van der Waals surface area (Å²) in [5.74, 6) is 0.780. The molecular formula is C19H22BrNO3. The van der Waals surface area contributed by atoms with Crippen LogP contribution in [0.15, 0.2) is 40.9 Å². The molecule has 1 amide bonds. The van der Waals surface area contributed by atoms with Crippen LogP contribution in [-0.2, 0) is 24.2 Å². The van der Waals surface area contributed by atoms with Crippen molar-refractivity contribution in [3.8, 4) is 5.75 Å². The highest BCUT2D eigenvalue weighted by Gasteiger charge is 2.12. The molecule has 0 bridgehead atoms. The maximum atomic E-state index is 11.6. The van der Waals surface area contributed by atoms with Crippen molar-refractivity contribution in [2.24, 2.45) is 0 Å². The molecule has 0 aliphatic heterocycles. The lowest BCUT2D eigenvalue weighted by Crippen LogP contribution is -2.14. The first-order valence-corrected chi connectivity index (χ1v) is 8.75. The van der Waals surface area contributed by atoms with Gasteiger partial charge in [0, 0.05) is 5.56 Å². The van der Waals surface area contributed by atoms with Gasteiger partial charge in [-0.05, 0) is 58.1 Å². The summed E-state index contributed by atoms with van der Waals surface area (Å²) in [4.78, 5) is 11.6. The quantitative estimate of drug-likeness (QED) is 0.723. The smallest absolute Gasteiger partial charge is 0.411 e. The van der Waals surface area contributed by atoms with E-state index >= 15 is 0 Å². The van der Waals surface area contributed by atoms with Gasteiger partial charge in [-0.15, -0.1) is 0 Å². The van der Waals surface area contributed by atoms with Gasteiger partial charge in [0.25, 0.3) is 0 Å². The summed E-state index contributed by atoms with van der Waals surface area (Å²) in [7, 11) is 1.35. The van der Waals surface area contributed by atoms with Crippen molar-refractivity contribution in [1.29, 1.82) is 0 Å². The molecule has 0 fully saturated rings. The first kappa shape index (κ1) is 18.3. The molecule has 0 radical (unpaired) electrons. The summed E-state index contributed by atoms with van der Waals surface area (Å²) < 4.78 is 11.6. The van der Waals surface area contributed by atoms with E-state index in [2.05, 4.69) is 47.2 Å². The number of amides is 1. The fraction of sp³-hybridized carbons (Fsp3) is 0.316. The van der Waals surface area contributed by atoms with Gasteiger partial charge in [-0.3, -0.25) is 5.32 Å². The minimum absolute atomic E-state index is 0.368. The van der Waals surface area contributed by atoms with E-state index < -0.39 is 6.09 Å². The lowest BCUT2D eigenvalue weighted by Gasteiger charge is -2.16. The number of benzene rings is 2. The van der Waals surface area contributed by atoms with Crippen LogP contribution in [0, 0.1) is 0 Å². The molecule has 128 valence electrons. The van der Waals surface area contributed by atoms with E-state index in [0.29, 0.717) is 12.3 Å². The Morgan fingerprint density at radius 2 is 1.96 bits per heavy atom. The SMILES string of the molecule is CCc1ccc(OCc2c(CC)cccc2NC(=O)OC)c(Br)c1. The molecule has 2 aromatic carbocycles. The zero-order valence-corrected chi connectivity index (χ0v) is 15.8. The number of ether oxygens (including phenoxy) is 2. The van der Waals surface area contributed by atoms with Gasteiger partial charge >= 0.3 is 6.09 Å². The molecule has 0 unspecified atom stereocenters. The predicted octanol–water partition coefficient (Wildman–Crippen LogP) is 5.33. The number of rotatable bonds is 6. The molecule has 0 saturated heterocycles. The standard InChI is InChI=1S/C19H22BrNO3/c1-4-13-9-10-18(16(20)11-13)24-12-15-14(5-2)7-6-8-17(15)21-19(22)23-3/h6-11H,4-5,12H2,1-3H3,(H,21,22). The second-order valence-corrected chi connectivity index (χ2v) is 6.17. The number of anilines is 1. The summed E-state index contributed by atoms with van der Waals surface area (Å²) in [6, 6.07) is 11.9. The minimum atomic E-state index is -0.488. The number of halogens is 1. The Balaban J connectivity index is 2.23. The van der Waals surface area contributed by atoms with Crippen LogP contribution in [0.4, 0.5) is 10.5 Å². The van der Waals surface area contributed by atoms with Crippen molar-refractivity contribution in [2.45, 2.75) is 33.3 Å². The van der Waals surface area contributed by atoms with Crippen LogP contribution in [-0.4, -0.2) is 13.2 Å². The van der Waals surface area contributed by atoms with Crippen LogP contribution in [0.25, 0.3) is 0 Å². The molecule has 2 rings (SSSR count). The molecule has 0 saturated carbocycles. The molecule has 0 spiro atoms. The van der Waals surface area contributed by atoms with E-state index in [0.717, 1.165) is 34.2 Å². The number of hydrogen-bond acceptors (Lipinski definition) is 3. The largest absolute Gasteiger partial charge is 0.488 e. The molecule has 24 heavy (non-hydrogen) atoms. The van der Waals surface area contributed by atoms with Gasteiger partial charge < -0.3 is 9.47 Å². The molecule has 2 aromatic rings. The minimum Gasteiger partial charge on any atom is -0.488 e. The third-order valence-corrected chi connectivity index (χ3v) is 4.47. The van der Waals surface area contributed by atoms with Crippen molar-refractivity contribution in [2.75, 3.05) is 12.4 Å². The van der Waals surface area contributed by atoms with Crippen LogP contribution in [0.1, 0.15) is 30.5 Å². The molecular weight excluding hydrogens is 370 g/mol. The number of aryl methyl sites for hydroxylation is 2. The molecule has 0 atom stereocenters. The van der Waals surface area contributed by atoms with Gasteiger partial charge in [-0.25, -0.2) is 4.79 Å². The Kier molecular flexibility index (Phi) is 6.67. The van der Waals surface area contributed by atoms with E-state index in [1.165, 1.54) is 12.7 Å². The molecule has 0 aliphatic carbocycles. The van der Waals surface area contributed by atoms with Gasteiger partial charge in [0.2, 0.25) is 0 Å². The summed E-state index contributed by atoms with van der Waals surface area (Å²) in [6.07, 6.45) is 1.34. The molecule has 5 heteroatoms. The zero-order chi connectivity index (χ0) is 17.5. The van der Waals surface area contributed by atoms with Crippen LogP contribution in [0.5, 0.6) is 5.75 Å². The maximum absolute atomic E-state index is 11.6. The third kappa shape index (κ3) is 4.51. The number of methoxy groups -OCH3 is 1. The van der Waals surface area contributed by atoms with E-state index in [-0.39, 0.29) is 0 Å². The van der Waals surface area contributed by atoms with Crippen LogP contribution in [0.3, 0.4) is 0 Å². The van der Waals surface area contributed by atoms with Crippen molar-refractivity contribution in [1.82, 2.24) is 0 Å². The summed E-state index contributed by atoms with van der Waals surface area (Å²) >= 11 is 3.55. The first-order chi connectivity index (χ1) is 11.6. The Bertz CT molecular complexity index is 716. The van der Waals surface area contributed by atoms with Gasteiger partial charge in [0.15, 0.2) is 0 Å². The Morgan fingerprint density at radius 1 is 1.17 bits per heavy atom. The second kappa shape index (κ2) is 8.73. The average molecular weight is 392 g/mol. The second-order valence-electron chi connectivity index (χ2n) is 5.32. The van der Waals surface area contributed by atoms with E-state index in [9.17, 15) is 4.79 Å². The summed E-state index contributed by atoms with van der Waals surface area (Å²) in [5, 5.41) is 2.75. The number of carbonyl (C=O) groups is 1. The maximum Gasteiger partial charge on any atom is 0.411 e. The fourth-order valence-electron chi connectivity index (χ4n) is 2.45. The molecule has 4 nitrogen and oxygen atoms in total. The van der Waals surface area contributed by atoms with Crippen LogP contribution in [0.2, 0.25) is 0 Å². The summed E-state index contributed by atoms with van der Waals surface area (Å²) in [6.45, 7) is 4.56. The Hall–Kier alpha value is -2.01. The normalized spacial score (nSPS) is 10.3. The van der Waals surface area contributed by atoms with Crippen molar-refractivity contribution >= 4 is 27.7 Å². The molecule has 0 aliphatic rings. The van der Waals surface area contributed by atoms with Gasteiger partial charge in [0.05, 0.1) is 17.3 Å². The highest BCUT2D eigenvalue weighted by Crippen LogP contribution is 2.29. The van der Waals surface area contributed by atoms with Crippen LogP contribution >= 0.6 is 15.9 Å². The number of nitrogens with one attached hydrogen (secondary N) is 1. The number of carbonyl (C=O) groups excluding carboxylic acids is 1.